The van der Waals surface area contributed by atoms with E-state index < -0.39 is 4.92 Å². The van der Waals surface area contributed by atoms with Gasteiger partial charge in [0.2, 0.25) is 0 Å². The van der Waals surface area contributed by atoms with E-state index in [-0.39, 0.29) is 17.4 Å². The highest BCUT2D eigenvalue weighted by Crippen LogP contribution is 2.23. The van der Waals surface area contributed by atoms with E-state index in [0.29, 0.717) is 0 Å². The van der Waals surface area contributed by atoms with E-state index in [0.717, 1.165) is 31.7 Å². The number of nitrogens with zero attached hydrogens (tertiary/aromatic N) is 3. The van der Waals surface area contributed by atoms with Gasteiger partial charge in [0.15, 0.2) is 0 Å². The molecule has 1 fully saturated rings. The number of hydrogen-bond acceptors (Lipinski definition) is 5. The molecule has 1 aromatic rings. The van der Waals surface area contributed by atoms with Gasteiger partial charge in [-0.3, -0.25) is 14.9 Å². The van der Waals surface area contributed by atoms with Crippen LogP contribution >= 0.6 is 0 Å². The molecule has 0 saturated carbocycles. The summed E-state index contributed by atoms with van der Waals surface area (Å²) in [7, 11) is 0. The molecule has 1 radical (unpaired) electrons. The predicted molar refractivity (Wildman–Crippen MR) is 66.2 cm³/mol. The molecule has 0 atom stereocenters. The van der Waals surface area contributed by atoms with Crippen LogP contribution in [0.15, 0.2) is 18.3 Å². The van der Waals surface area contributed by atoms with Crippen LogP contribution in [0.3, 0.4) is 0 Å². The number of Topliss-reactive ketones (excluding diaryl/α,β-unsaturated/α-hetero) is 1. The third kappa shape index (κ3) is 2.64. The third-order valence-corrected chi connectivity index (χ3v) is 3.22. The minimum atomic E-state index is -0.468. The minimum absolute atomic E-state index is 0.00805. The number of piperidine rings is 1. The molecule has 0 aromatic carbocycles. The van der Waals surface area contributed by atoms with Gasteiger partial charge < -0.3 is 4.90 Å². The maximum Gasteiger partial charge on any atom is 0.287 e. The predicted octanol–water partition coefficient (Wildman–Crippen LogP) is 1.61. The monoisotopic (exact) mass is 248 g/mol. The van der Waals surface area contributed by atoms with Crippen LogP contribution in [0.2, 0.25) is 0 Å². The Hall–Kier alpha value is -1.98. The summed E-state index contributed by atoms with van der Waals surface area (Å²) in [6.07, 6.45) is 2.79. The summed E-state index contributed by atoms with van der Waals surface area (Å²) < 4.78 is 0. The Kier molecular flexibility index (Phi) is 3.55. The van der Waals surface area contributed by atoms with Crippen LogP contribution in [0, 0.1) is 23.0 Å². The zero-order valence-electron chi connectivity index (χ0n) is 9.91. The number of carbonyl (C=O) groups excluding carboxylic acids is 1. The summed E-state index contributed by atoms with van der Waals surface area (Å²) in [5.41, 5.74) is -0.0124. The van der Waals surface area contributed by atoms with E-state index in [4.69, 9.17) is 0 Å². The molecule has 0 unspecified atom stereocenters. The summed E-state index contributed by atoms with van der Waals surface area (Å²) >= 11 is 0. The number of ketones is 1. The molecule has 6 heteroatoms. The molecule has 2 rings (SSSR count). The molecule has 2 heterocycles. The van der Waals surface area contributed by atoms with Gasteiger partial charge in [-0.25, -0.2) is 4.98 Å². The number of anilines is 1. The molecule has 6 nitrogen and oxygen atoms in total. The fourth-order valence-corrected chi connectivity index (χ4v) is 2.10. The third-order valence-electron chi connectivity index (χ3n) is 3.22. The lowest BCUT2D eigenvalue weighted by Crippen LogP contribution is -2.36. The fraction of sp³-hybridized carbons (Fsp3) is 0.417. The highest BCUT2D eigenvalue weighted by molar-refractivity contribution is 5.85. The van der Waals surface area contributed by atoms with Crippen molar-refractivity contribution < 1.29 is 9.72 Å². The van der Waals surface area contributed by atoms with Crippen LogP contribution in [-0.4, -0.2) is 28.8 Å². The highest BCUT2D eigenvalue weighted by atomic mass is 16.6. The lowest BCUT2D eigenvalue weighted by Gasteiger charge is -2.31. The molecule has 0 amide bonds. The zero-order valence-corrected chi connectivity index (χ0v) is 9.91. The molecular formula is C12H14N3O3. The summed E-state index contributed by atoms with van der Waals surface area (Å²) in [4.78, 5) is 27.3. The Bertz CT molecular complexity index is 450. The topological polar surface area (TPSA) is 76.3 Å². The zero-order chi connectivity index (χ0) is 13.1. The van der Waals surface area contributed by atoms with Gasteiger partial charge in [-0.2, -0.15) is 0 Å². The number of hydrogen-bond donors (Lipinski definition) is 0. The summed E-state index contributed by atoms with van der Waals surface area (Å²) in [6, 6.07) is 3.09. The van der Waals surface area contributed by atoms with Gasteiger partial charge in [-0.1, -0.05) is 0 Å². The van der Waals surface area contributed by atoms with Crippen molar-refractivity contribution in [2.45, 2.75) is 12.8 Å². The Morgan fingerprint density at radius 3 is 2.56 bits per heavy atom. The van der Waals surface area contributed by atoms with E-state index in [9.17, 15) is 14.9 Å². The molecule has 0 aliphatic carbocycles. The number of nitro groups is 1. The van der Waals surface area contributed by atoms with E-state index in [1.165, 1.54) is 12.3 Å². The average molecular weight is 248 g/mol. The summed E-state index contributed by atoms with van der Waals surface area (Å²) in [5.74, 6) is 0.751. The second-order valence-corrected chi connectivity index (χ2v) is 4.36. The van der Waals surface area contributed by atoms with Crippen LogP contribution in [0.1, 0.15) is 12.8 Å². The van der Waals surface area contributed by atoms with Crippen LogP contribution < -0.4 is 4.90 Å². The molecule has 0 spiro atoms. The number of carbonyl (C=O) groups is 1. The smallest absolute Gasteiger partial charge is 0.287 e. The van der Waals surface area contributed by atoms with Gasteiger partial charge in [-0.15, -0.1) is 0 Å². The fourth-order valence-electron chi connectivity index (χ4n) is 2.10. The standard InChI is InChI=1S/C12H14N3O3/c1-9(16)10-4-6-14(7-5-10)12-3-2-11(8-13-12)15(17)18/h2-3,8,10H,1,4-7H2. The molecule has 0 bridgehead atoms. The maximum atomic E-state index is 11.1. The van der Waals surface area contributed by atoms with Gasteiger partial charge in [-0.05, 0) is 18.9 Å². The lowest BCUT2D eigenvalue weighted by molar-refractivity contribution is -0.385. The van der Waals surface area contributed by atoms with Gasteiger partial charge in [0.25, 0.3) is 5.69 Å². The molecule has 1 aliphatic heterocycles. The van der Waals surface area contributed by atoms with Gasteiger partial charge >= 0.3 is 0 Å². The summed E-state index contributed by atoms with van der Waals surface area (Å²) in [6.45, 7) is 4.91. The first-order chi connectivity index (χ1) is 8.58. The molecule has 18 heavy (non-hydrogen) atoms. The highest BCUT2D eigenvalue weighted by Gasteiger charge is 2.23. The van der Waals surface area contributed by atoms with Gasteiger partial charge in [0.05, 0.1) is 4.92 Å². The second kappa shape index (κ2) is 5.12. The molecule has 1 aliphatic rings. The normalized spacial score (nSPS) is 16.6. The van der Waals surface area contributed by atoms with E-state index in [1.807, 2.05) is 4.90 Å². The largest absolute Gasteiger partial charge is 0.357 e. The van der Waals surface area contributed by atoms with Crippen molar-refractivity contribution in [2.24, 2.45) is 5.92 Å². The molecule has 0 N–H and O–H groups in total. The van der Waals surface area contributed by atoms with Crippen LogP contribution in [-0.2, 0) is 4.79 Å². The van der Waals surface area contributed by atoms with Gasteiger partial charge in [0.1, 0.15) is 17.8 Å². The van der Waals surface area contributed by atoms with Crippen molar-refractivity contribution in [3.8, 4) is 0 Å². The van der Waals surface area contributed by atoms with Crippen molar-refractivity contribution in [3.05, 3.63) is 35.4 Å². The molecule has 1 saturated heterocycles. The van der Waals surface area contributed by atoms with E-state index in [1.54, 1.807) is 6.07 Å². The molecule has 1 aromatic heterocycles. The van der Waals surface area contributed by atoms with Gasteiger partial charge in [0, 0.05) is 32.0 Å². The van der Waals surface area contributed by atoms with Crippen LogP contribution in [0.25, 0.3) is 0 Å². The number of pyridine rings is 1. The quantitative estimate of drug-likeness (QED) is 0.600. The van der Waals surface area contributed by atoms with Crippen molar-refractivity contribution in [1.29, 1.82) is 0 Å². The Balaban J connectivity index is 2.01. The SMILES string of the molecule is [CH2]C(=O)C1CCN(c2ccc([N+](=O)[O-])cn2)CC1. The number of rotatable bonds is 3. The van der Waals surface area contributed by atoms with Crippen molar-refractivity contribution in [1.82, 2.24) is 4.98 Å². The lowest BCUT2D eigenvalue weighted by atomic mass is 9.93. The first kappa shape index (κ1) is 12.5. The molecular weight excluding hydrogens is 234 g/mol. The van der Waals surface area contributed by atoms with Crippen LogP contribution in [0.5, 0.6) is 0 Å². The Morgan fingerprint density at radius 2 is 2.11 bits per heavy atom. The van der Waals surface area contributed by atoms with Crippen molar-refractivity contribution >= 4 is 17.3 Å². The summed E-state index contributed by atoms with van der Waals surface area (Å²) in [5, 5.41) is 10.5. The first-order valence-corrected chi connectivity index (χ1v) is 5.79. The van der Waals surface area contributed by atoms with E-state index >= 15 is 0 Å². The maximum absolute atomic E-state index is 11.1. The minimum Gasteiger partial charge on any atom is -0.357 e. The van der Waals surface area contributed by atoms with Crippen LogP contribution in [0.4, 0.5) is 11.5 Å². The van der Waals surface area contributed by atoms with Crippen molar-refractivity contribution in [3.63, 3.8) is 0 Å². The first-order valence-electron chi connectivity index (χ1n) is 5.79. The Labute approximate surface area is 105 Å². The average Bonchev–Trinajstić information content (AvgIpc) is 2.39. The van der Waals surface area contributed by atoms with E-state index in [2.05, 4.69) is 11.9 Å². The molecule has 95 valence electrons. The second-order valence-electron chi connectivity index (χ2n) is 4.36. The Morgan fingerprint density at radius 1 is 1.44 bits per heavy atom. The van der Waals surface area contributed by atoms with Crippen molar-refractivity contribution in [2.75, 3.05) is 18.0 Å². The number of aromatic nitrogens is 1.